The molecule has 4 rings (SSSR count). The van der Waals surface area contributed by atoms with Crippen molar-refractivity contribution in [1.29, 1.82) is 0 Å². The Morgan fingerprint density at radius 3 is 2.92 bits per heavy atom. The van der Waals surface area contributed by atoms with Crippen LogP contribution in [-0.4, -0.2) is 21.6 Å². The van der Waals surface area contributed by atoms with Crippen molar-refractivity contribution in [1.82, 2.24) is 14.5 Å². The summed E-state index contributed by atoms with van der Waals surface area (Å²) in [7, 11) is 1.95. The second kappa shape index (κ2) is 6.03. The van der Waals surface area contributed by atoms with Crippen LogP contribution in [0.3, 0.4) is 0 Å². The van der Waals surface area contributed by atoms with Crippen molar-refractivity contribution < 1.29 is 0 Å². The normalized spacial score (nSPS) is 16.8. The van der Waals surface area contributed by atoms with Gasteiger partial charge in [0.25, 0.3) is 0 Å². The number of hydrogen-bond donors (Lipinski definition) is 2. The summed E-state index contributed by atoms with van der Waals surface area (Å²) in [6.45, 7) is 4.73. The summed E-state index contributed by atoms with van der Waals surface area (Å²) in [5, 5.41) is 9.40. The lowest BCUT2D eigenvalue weighted by atomic mass is 9.76. The van der Waals surface area contributed by atoms with E-state index in [0.717, 1.165) is 35.4 Å². The molecule has 126 valence electrons. The molecule has 0 spiro atoms. The quantitative estimate of drug-likeness (QED) is 0.414. The second-order valence-corrected chi connectivity index (χ2v) is 9.39. The Bertz CT molecular complexity index is 909. The molecule has 4 nitrogen and oxygen atoms in total. The van der Waals surface area contributed by atoms with Gasteiger partial charge in [0.15, 0.2) is 0 Å². The molecule has 1 aliphatic carbocycles. The van der Waals surface area contributed by atoms with Crippen LogP contribution >= 0.6 is 28.4 Å². The first-order valence-corrected chi connectivity index (χ1v) is 12.4. The fourth-order valence-electron chi connectivity index (χ4n) is 3.63. The molecule has 0 saturated heterocycles. The van der Waals surface area contributed by atoms with Crippen LogP contribution in [0.1, 0.15) is 31.5 Å². The van der Waals surface area contributed by atoms with Crippen molar-refractivity contribution in [3.8, 4) is 11.4 Å². The number of H-pyrrole nitrogens is 1. The maximum absolute atomic E-state index is 4.96. The molecule has 0 saturated carbocycles. The Morgan fingerprint density at radius 1 is 1.33 bits per heavy atom. The number of nitrogens with one attached hydrogen (secondary N) is 2. The summed E-state index contributed by atoms with van der Waals surface area (Å²) in [5.74, 6) is 0. The lowest BCUT2D eigenvalue weighted by molar-refractivity contribution is 0.311. The van der Waals surface area contributed by atoms with E-state index in [1.165, 1.54) is 23.1 Å². The van der Waals surface area contributed by atoms with Gasteiger partial charge in [0.05, 0.1) is 12.1 Å². The van der Waals surface area contributed by atoms with Gasteiger partial charge in [-0.2, -0.15) is 5.10 Å². The van der Waals surface area contributed by atoms with Crippen LogP contribution < -0.4 is 5.32 Å². The van der Waals surface area contributed by atoms with E-state index in [0.29, 0.717) is 11.8 Å². The van der Waals surface area contributed by atoms with E-state index >= 15 is 0 Å². The molecular weight excluding hydrogens is 430 g/mol. The summed E-state index contributed by atoms with van der Waals surface area (Å²) in [5.41, 5.74) is 7.82. The number of hydrogen-bond acceptors (Lipinski definition) is 2. The number of fused-ring (bicyclic) bond motifs is 2. The number of anilines is 1. The average molecular weight is 452 g/mol. The molecule has 1 aromatic carbocycles. The van der Waals surface area contributed by atoms with Crippen LogP contribution in [0, 0.1) is 5.41 Å². The largest absolute Gasteiger partial charge is 0.388 e. The van der Waals surface area contributed by atoms with Gasteiger partial charge in [-0.05, 0) is 64.9 Å². The van der Waals surface area contributed by atoms with E-state index in [1.54, 1.807) is 0 Å². The minimum Gasteiger partial charge on any atom is -0.388 e. The highest BCUT2D eigenvalue weighted by molar-refractivity contribution is 14.2. The lowest BCUT2D eigenvalue weighted by Gasteiger charge is -2.29. The minimum absolute atomic E-state index is 0.375. The first-order valence-electron chi connectivity index (χ1n) is 8.29. The molecule has 1 unspecified atom stereocenters. The predicted octanol–water partition coefficient (Wildman–Crippen LogP) is 5.38. The first kappa shape index (κ1) is 16.4. The highest BCUT2D eigenvalue weighted by Crippen LogP contribution is 2.42. The Labute approximate surface area is 157 Å². The van der Waals surface area contributed by atoms with Crippen molar-refractivity contribution >= 4 is 45.0 Å². The highest BCUT2D eigenvalue weighted by atomic mass is 127. The number of benzene rings is 1. The van der Waals surface area contributed by atoms with Crippen molar-refractivity contribution in [2.45, 2.75) is 33.1 Å². The third-order valence-corrected chi connectivity index (χ3v) is 6.93. The maximum Gasteiger partial charge on any atom is 0.112 e. The molecular formula is C18H22IN4P. The monoisotopic (exact) mass is 452 g/mol. The number of aromatic nitrogens is 3. The van der Waals surface area contributed by atoms with Gasteiger partial charge >= 0.3 is 0 Å². The molecule has 2 aromatic heterocycles. The first-order chi connectivity index (χ1) is 11.5. The number of aromatic amines is 1. The van der Waals surface area contributed by atoms with Crippen LogP contribution in [0.5, 0.6) is 0 Å². The zero-order chi connectivity index (χ0) is 16.9. The fourth-order valence-corrected chi connectivity index (χ4v) is 5.28. The van der Waals surface area contributed by atoms with Crippen molar-refractivity contribution in [2.24, 2.45) is 5.41 Å². The Kier molecular flexibility index (Phi) is 4.12. The molecule has 1 atom stereocenters. The van der Waals surface area contributed by atoms with E-state index in [4.69, 9.17) is 5.10 Å². The van der Waals surface area contributed by atoms with Gasteiger partial charge in [-0.25, -0.2) is 4.45 Å². The average Bonchev–Trinajstić information content (AvgIpc) is 3.13. The Hall–Kier alpha value is -1.07. The van der Waals surface area contributed by atoms with Gasteiger partial charge in [-0.3, -0.25) is 0 Å². The van der Waals surface area contributed by atoms with E-state index < -0.39 is 0 Å². The van der Waals surface area contributed by atoms with Gasteiger partial charge in [0.1, 0.15) is 5.69 Å². The molecule has 1 aliphatic rings. The van der Waals surface area contributed by atoms with Crippen LogP contribution in [0.2, 0.25) is 0 Å². The fraction of sp³-hybridized carbons (Fsp3) is 0.389. The van der Waals surface area contributed by atoms with E-state index in [2.05, 4.69) is 74.9 Å². The summed E-state index contributed by atoms with van der Waals surface area (Å²) >= 11 is 2.44. The van der Waals surface area contributed by atoms with Crippen molar-refractivity contribution in [3.63, 3.8) is 0 Å². The van der Waals surface area contributed by atoms with Gasteiger partial charge in [-0.15, -0.1) is 0 Å². The van der Waals surface area contributed by atoms with Gasteiger partial charge in [0.2, 0.25) is 0 Å². The number of rotatable bonds is 3. The standard InChI is InChI=1S/C18H22IN4P/c1-18(2)7-6-13-16(10-18)23(24-19)22-17(13)15-8-11-4-5-12(20-3)9-14(11)21-15/h4-5,8-9,20-21,24H,6-7,10H2,1-3H3. The topological polar surface area (TPSA) is 45.6 Å². The minimum atomic E-state index is 0.375. The molecule has 6 heteroatoms. The molecule has 2 N–H and O–H groups in total. The SMILES string of the molecule is CNc1ccc2cc(-c3nn(PI)c4c3CCC(C)(C)C4)[nH]c2c1. The van der Waals surface area contributed by atoms with Crippen molar-refractivity contribution in [3.05, 3.63) is 35.5 Å². The second-order valence-electron chi connectivity index (χ2n) is 7.35. The van der Waals surface area contributed by atoms with Crippen molar-refractivity contribution in [2.75, 3.05) is 12.4 Å². The predicted molar refractivity (Wildman–Crippen MR) is 113 cm³/mol. The summed E-state index contributed by atoms with van der Waals surface area (Å²) in [6, 6.07) is 8.67. The van der Waals surface area contributed by atoms with Crippen LogP contribution in [0.15, 0.2) is 24.3 Å². The molecule has 0 radical (unpaired) electrons. The summed E-state index contributed by atoms with van der Waals surface area (Å²) in [6.07, 6.45) is 4.12. The molecule has 0 aliphatic heterocycles. The molecule has 3 aromatic rings. The zero-order valence-electron chi connectivity index (χ0n) is 14.2. The Balaban J connectivity index is 1.84. The zero-order valence-corrected chi connectivity index (χ0v) is 17.4. The molecule has 0 fully saturated rings. The molecule has 0 bridgehead atoms. The Morgan fingerprint density at radius 2 is 2.17 bits per heavy atom. The molecule has 24 heavy (non-hydrogen) atoms. The lowest BCUT2D eigenvalue weighted by Crippen LogP contribution is -2.22. The number of nitrogens with zero attached hydrogens (tertiary/aromatic N) is 2. The van der Waals surface area contributed by atoms with Gasteiger partial charge in [0, 0.05) is 34.9 Å². The van der Waals surface area contributed by atoms with Gasteiger partial charge in [-0.1, -0.05) is 19.9 Å². The smallest absolute Gasteiger partial charge is 0.112 e. The van der Waals surface area contributed by atoms with Crippen LogP contribution in [0.25, 0.3) is 22.3 Å². The van der Waals surface area contributed by atoms with E-state index in [9.17, 15) is 0 Å². The van der Waals surface area contributed by atoms with Crippen LogP contribution in [-0.2, 0) is 12.8 Å². The van der Waals surface area contributed by atoms with Gasteiger partial charge < -0.3 is 10.3 Å². The molecule has 2 heterocycles. The van der Waals surface area contributed by atoms with Crippen LogP contribution in [0.4, 0.5) is 5.69 Å². The van der Waals surface area contributed by atoms with E-state index in [1.807, 2.05) is 7.05 Å². The third-order valence-electron chi connectivity index (χ3n) is 5.03. The van der Waals surface area contributed by atoms with E-state index in [-0.39, 0.29) is 0 Å². The highest BCUT2D eigenvalue weighted by Gasteiger charge is 2.31. The number of halogens is 1. The summed E-state index contributed by atoms with van der Waals surface area (Å²) in [4.78, 5) is 3.58. The third kappa shape index (κ3) is 2.76. The molecule has 0 amide bonds. The maximum atomic E-state index is 4.96. The summed E-state index contributed by atoms with van der Waals surface area (Å²) < 4.78 is 2.22.